The van der Waals surface area contributed by atoms with Crippen molar-refractivity contribution in [1.82, 2.24) is 19.6 Å². The molecule has 0 fully saturated rings. The van der Waals surface area contributed by atoms with Crippen molar-refractivity contribution in [3.8, 4) is 11.4 Å². The molecule has 0 aliphatic rings. The van der Waals surface area contributed by atoms with Crippen molar-refractivity contribution in [1.29, 1.82) is 0 Å². The Kier molecular flexibility index (Phi) is 2.45. The fourth-order valence-corrected chi connectivity index (χ4v) is 2.02. The molecular formula is C13H11FN4O. The number of fused-ring (bicyclic) bond motifs is 1. The van der Waals surface area contributed by atoms with Gasteiger partial charge < -0.3 is 0 Å². The van der Waals surface area contributed by atoms with E-state index in [0.717, 1.165) is 11.3 Å². The number of halogens is 1. The van der Waals surface area contributed by atoms with Gasteiger partial charge in [0.15, 0.2) is 5.65 Å². The first-order chi connectivity index (χ1) is 9.08. The van der Waals surface area contributed by atoms with Gasteiger partial charge in [-0.1, -0.05) is 12.1 Å². The lowest BCUT2D eigenvalue weighted by atomic mass is 10.2. The first-order valence-corrected chi connectivity index (χ1v) is 5.78. The molecule has 0 unspecified atom stereocenters. The van der Waals surface area contributed by atoms with Crippen LogP contribution < -0.4 is 5.69 Å². The lowest BCUT2D eigenvalue weighted by Crippen LogP contribution is -2.14. The van der Waals surface area contributed by atoms with Gasteiger partial charge in [0.05, 0.1) is 0 Å². The van der Waals surface area contributed by atoms with Crippen LogP contribution in [0.4, 0.5) is 4.39 Å². The fourth-order valence-electron chi connectivity index (χ4n) is 2.02. The SMILES string of the molecule is Cc1nc(-c2cccc(F)c2)n2c(=O)[nH]nc2c1C. The van der Waals surface area contributed by atoms with Crippen LogP contribution >= 0.6 is 0 Å². The standard InChI is InChI=1S/C13H11FN4O/c1-7-8(2)15-12(9-4-3-5-10(14)6-9)18-11(7)16-17-13(18)19/h3-6H,1-2H3,(H,17,19). The number of hydrogen-bond acceptors (Lipinski definition) is 3. The molecule has 0 bridgehead atoms. The molecule has 96 valence electrons. The minimum Gasteiger partial charge on any atom is -0.246 e. The van der Waals surface area contributed by atoms with E-state index in [1.165, 1.54) is 16.5 Å². The Morgan fingerprint density at radius 1 is 1.32 bits per heavy atom. The first kappa shape index (κ1) is 11.6. The maximum absolute atomic E-state index is 13.3. The van der Waals surface area contributed by atoms with E-state index in [0.29, 0.717) is 17.0 Å². The molecule has 6 heteroatoms. The summed E-state index contributed by atoms with van der Waals surface area (Å²) in [5.41, 5.74) is 2.24. The molecule has 0 saturated carbocycles. The predicted octanol–water partition coefficient (Wildman–Crippen LogP) is 1.84. The van der Waals surface area contributed by atoms with Gasteiger partial charge in [-0.25, -0.2) is 23.7 Å². The second-order valence-electron chi connectivity index (χ2n) is 4.34. The maximum Gasteiger partial charge on any atom is 0.349 e. The largest absolute Gasteiger partial charge is 0.349 e. The highest BCUT2D eigenvalue weighted by molar-refractivity contribution is 5.62. The number of nitrogens with zero attached hydrogens (tertiary/aromatic N) is 3. The highest BCUT2D eigenvalue weighted by atomic mass is 19.1. The van der Waals surface area contributed by atoms with Crippen molar-refractivity contribution in [2.75, 3.05) is 0 Å². The van der Waals surface area contributed by atoms with E-state index in [4.69, 9.17) is 0 Å². The second-order valence-corrected chi connectivity index (χ2v) is 4.34. The van der Waals surface area contributed by atoms with Crippen LogP contribution in [0.1, 0.15) is 11.3 Å². The van der Waals surface area contributed by atoms with E-state index in [9.17, 15) is 9.18 Å². The molecule has 0 aliphatic heterocycles. The lowest BCUT2D eigenvalue weighted by Gasteiger charge is -2.07. The summed E-state index contributed by atoms with van der Waals surface area (Å²) in [4.78, 5) is 16.2. The summed E-state index contributed by atoms with van der Waals surface area (Å²) in [7, 11) is 0. The van der Waals surface area contributed by atoms with E-state index in [1.54, 1.807) is 12.1 Å². The number of rotatable bonds is 1. The molecule has 2 heterocycles. The first-order valence-electron chi connectivity index (χ1n) is 5.78. The zero-order valence-corrected chi connectivity index (χ0v) is 10.4. The molecule has 0 atom stereocenters. The van der Waals surface area contributed by atoms with Gasteiger partial charge in [0.2, 0.25) is 0 Å². The van der Waals surface area contributed by atoms with E-state index in [-0.39, 0.29) is 11.5 Å². The molecule has 19 heavy (non-hydrogen) atoms. The fraction of sp³-hybridized carbons (Fsp3) is 0.154. The summed E-state index contributed by atoms with van der Waals surface area (Å²) < 4.78 is 14.7. The molecule has 0 spiro atoms. The quantitative estimate of drug-likeness (QED) is 0.724. The topological polar surface area (TPSA) is 63.1 Å². The molecule has 0 aliphatic carbocycles. The Balaban J connectivity index is 2.44. The van der Waals surface area contributed by atoms with Crippen LogP contribution in [-0.2, 0) is 0 Å². The van der Waals surface area contributed by atoms with Gasteiger partial charge in [-0.2, -0.15) is 5.10 Å². The lowest BCUT2D eigenvalue weighted by molar-refractivity contribution is 0.628. The maximum atomic E-state index is 13.3. The third-order valence-corrected chi connectivity index (χ3v) is 3.12. The molecule has 1 N–H and O–H groups in total. The number of H-pyrrole nitrogens is 1. The average Bonchev–Trinajstić information content (AvgIpc) is 2.76. The van der Waals surface area contributed by atoms with Crippen LogP contribution in [-0.4, -0.2) is 19.6 Å². The minimum atomic E-state index is -0.384. The third-order valence-electron chi connectivity index (χ3n) is 3.12. The Labute approximate surface area is 107 Å². The van der Waals surface area contributed by atoms with E-state index < -0.39 is 0 Å². The van der Waals surface area contributed by atoms with Crippen LogP contribution in [0.3, 0.4) is 0 Å². The molecule has 0 radical (unpaired) electrons. The van der Waals surface area contributed by atoms with Crippen LogP contribution in [0.15, 0.2) is 29.1 Å². The van der Waals surface area contributed by atoms with Gasteiger partial charge in [0.25, 0.3) is 0 Å². The van der Waals surface area contributed by atoms with Gasteiger partial charge in [-0.3, -0.25) is 0 Å². The van der Waals surface area contributed by atoms with Crippen molar-refractivity contribution in [2.45, 2.75) is 13.8 Å². The monoisotopic (exact) mass is 258 g/mol. The smallest absolute Gasteiger partial charge is 0.246 e. The van der Waals surface area contributed by atoms with Gasteiger partial charge in [0.1, 0.15) is 11.6 Å². The zero-order chi connectivity index (χ0) is 13.6. The number of aromatic nitrogens is 4. The minimum absolute atomic E-state index is 0.373. The van der Waals surface area contributed by atoms with Crippen LogP contribution in [0.5, 0.6) is 0 Å². The molecule has 0 saturated heterocycles. The summed E-state index contributed by atoms with van der Waals surface area (Å²) >= 11 is 0. The summed E-state index contributed by atoms with van der Waals surface area (Å²) in [6.45, 7) is 3.67. The number of aryl methyl sites for hydroxylation is 2. The van der Waals surface area contributed by atoms with E-state index in [2.05, 4.69) is 15.2 Å². The Hall–Kier alpha value is -2.50. The Bertz CT molecular complexity index is 834. The van der Waals surface area contributed by atoms with Crippen LogP contribution in [0, 0.1) is 19.7 Å². The average molecular weight is 258 g/mol. The summed E-state index contributed by atoms with van der Waals surface area (Å²) in [6.07, 6.45) is 0. The summed E-state index contributed by atoms with van der Waals surface area (Å²) in [5, 5.41) is 6.37. The Morgan fingerprint density at radius 3 is 2.84 bits per heavy atom. The summed E-state index contributed by atoms with van der Waals surface area (Å²) in [5.74, 6) is 0.0126. The second kappa shape index (κ2) is 4.01. The van der Waals surface area contributed by atoms with Crippen molar-refractivity contribution in [3.63, 3.8) is 0 Å². The van der Waals surface area contributed by atoms with Gasteiger partial charge in [0, 0.05) is 16.8 Å². The number of hydrogen-bond donors (Lipinski definition) is 1. The Morgan fingerprint density at radius 2 is 2.11 bits per heavy atom. The molecule has 2 aromatic heterocycles. The van der Waals surface area contributed by atoms with Crippen molar-refractivity contribution in [3.05, 3.63) is 51.8 Å². The number of benzene rings is 1. The van der Waals surface area contributed by atoms with Crippen molar-refractivity contribution < 1.29 is 4.39 Å². The third kappa shape index (κ3) is 1.72. The highest BCUT2D eigenvalue weighted by Gasteiger charge is 2.14. The molecule has 3 rings (SSSR count). The van der Waals surface area contributed by atoms with E-state index in [1.807, 2.05) is 13.8 Å². The molecule has 5 nitrogen and oxygen atoms in total. The number of aromatic amines is 1. The van der Waals surface area contributed by atoms with E-state index >= 15 is 0 Å². The van der Waals surface area contributed by atoms with Crippen LogP contribution in [0.25, 0.3) is 17.0 Å². The van der Waals surface area contributed by atoms with Gasteiger partial charge in [-0.15, -0.1) is 0 Å². The normalized spacial score (nSPS) is 11.1. The van der Waals surface area contributed by atoms with Gasteiger partial charge >= 0.3 is 5.69 Å². The highest BCUT2D eigenvalue weighted by Crippen LogP contribution is 2.20. The van der Waals surface area contributed by atoms with Gasteiger partial charge in [-0.05, 0) is 26.0 Å². The molecule has 1 aromatic carbocycles. The predicted molar refractivity (Wildman–Crippen MR) is 68.5 cm³/mol. The molecular weight excluding hydrogens is 247 g/mol. The number of nitrogens with one attached hydrogen (secondary N) is 1. The van der Waals surface area contributed by atoms with Crippen molar-refractivity contribution >= 4 is 5.65 Å². The van der Waals surface area contributed by atoms with Crippen LogP contribution in [0.2, 0.25) is 0 Å². The molecule has 3 aromatic rings. The zero-order valence-electron chi connectivity index (χ0n) is 10.4. The van der Waals surface area contributed by atoms with Crippen molar-refractivity contribution in [2.24, 2.45) is 0 Å². The summed E-state index contributed by atoms with van der Waals surface area (Å²) in [6, 6.07) is 5.98. The molecule has 0 amide bonds.